The SMILES string of the molecule is C=Cc1ccccc1/C=C(\C)c1nc(Cl)nc2ccccc12. The number of fused-ring (bicyclic) bond motifs is 1. The Hall–Kier alpha value is -2.45. The number of aromatic nitrogens is 2. The number of hydrogen-bond donors (Lipinski definition) is 0. The van der Waals surface area contributed by atoms with Gasteiger partial charge in [-0.15, -0.1) is 0 Å². The molecule has 1 heterocycles. The van der Waals surface area contributed by atoms with Gasteiger partial charge < -0.3 is 0 Å². The van der Waals surface area contributed by atoms with Gasteiger partial charge in [0, 0.05) is 5.39 Å². The minimum atomic E-state index is 0.262. The topological polar surface area (TPSA) is 25.8 Å². The van der Waals surface area contributed by atoms with Crippen LogP contribution in [-0.2, 0) is 0 Å². The fourth-order valence-corrected chi connectivity index (χ4v) is 2.65. The Morgan fingerprint density at radius 2 is 1.68 bits per heavy atom. The average Bonchev–Trinajstić information content (AvgIpc) is 2.54. The average molecular weight is 307 g/mol. The van der Waals surface area contributed by atoms with Crippen molar-refractivity contribution in [2.75, 3.05) is 0 Å². The maximum Gasteiger partial charge on any atom is 0.223 e. The highest BCUT2D eigenvalue weighted by Gasteiger charge is 2.08. The number of rotatable bonds is 3. The molecule has 0 spiro atoms. The van der Waals surface area contributed by atoms with E-state index in [-0.39, 0.29) is 5.28 Å². The second kappa shape index (κ2) is 6.12. The molecule has 2 nitrogen and oxygen atoms in total. The van der Waals surface area contributed by atoms with E-state index in [1.807, 2.05) is 55.5 Å². The Balaban J connectivity index is 2.18. The van der Waals surface area contributed by atoms with E-state index in [9.17, 15) is 0 Å². The molecule has 3 heteroatoms. The molecule has 0 amide bonds. The first-order chi connectivity index (χ1) is 10.7. The molecule has 0 atom stereocenters. The predicted octanol–water partition coefficient (Wildman–Crippen LogP) is 5.49. The van der Waals surface area contributed by atoms with Gasteiger partial charge in [0.1, 0.15) is 0 Å². The number of benzene rings is 2. The van der Waals surface area contributed by atoms with Crippen molar-refractivity contribution >= 4 is 40.2 Å². The summed E-state index contributed by atoms with van der Waals surface area (Å²) in [6.45, 7) is 5.89. The van der Waals surface area contributed by atoms with Crippen LogP contribution in [0.2, 0.25) is 5.28 Å². The molecule has 0 saturated carbocycles. The lowest BCUT2D eigenvalue weighted by molar-refractivity contribution is 1.19. The molecule has 0 saturated heterocycles. The Kier molecular flexibility index (Phi) is 4.03. The Morgan fingerprint density at radius 1 is 1.00 bits per heavy atom. The summed E-state index contributed by atoms with van der Waals surface area (Å²) in [7, 11) is 0. The van der Waals surface area contributed by atoms with Crippen molar-refractivity contribution in [3.63, 3.8) is 0 Å². The highest BCUT2D eigenvalue weighted by molar-refractivity contribution is 6.28. The zero-order chi connectivity index (χ0) is 15.5. The molecule has 1 aromatic heterocycles. The minimum absolute atomic E-state index is 0.262. The lowest BCUT2D eigenvalue weighted by Crippen LogP contribution is -1.93. The molecule has 3 rings (SSSR count). The molecule has 0 aliphatic rings. The molecule has 0 N–H and O–H groups in total. The molecule has 0 fully saturated rings. The lowest BCUT2D eigenvalue weighted by Gasteiger charge is -2.08. The van der Waals surface area contributed by atoms with Gasteiger partial charge in [0.25, 0.3) is 0 Å². The van der Waals surface area contributed by atoms with Crippen molar-refractivity contribution in [2.24, 2.45) is 0 Å². The van der Waals surface area contributed by atoms with Gasteiger partial charge in [-0.25, -0.2) is 9.97 Å². The van der Waals surface area contributed by atoms with Crippen LogP contribution in [0.25, 0.3) is 28.6 Å². The van der Waals surface area contributed by atoms with Crippen molar-refractivity contribution in [2.45, 2.75) is 6.92 Å². The van der Waals surface area contributed by atoms with E-state index >= 15 is 0 Å². The Bertz CT molecular complexity index is 881. The second-order valence-electron chi connectivity index (χ2n) is 5.02. The van der Waals surface area contributed by atoms with E-state index in [1.165, 1.54) is 0 Å². The van der Waals surface area contributed by atoms with Gasteiger partial charge in [-0.3, -0.25) is 0 Å². The van der Waals surface area contributed by atoms with Crippen LogP contribution in [0.1, 0.15) is 23.7 Å². The van der Waals surface area contributed by atoms with E-state index < -0.39 is 0 Å². The number of nitrogens with zero attached hydrogens (tertiary/aromatic N) is 2. The largest absolute Gasteiger partial charge is 0.223 e. The summed E-state index contributed by atoms with van der Waals surface area (Å²) in [5.74, 6) is 0. The molecule has 0 radical (unpaired) electrons. The summed E-state index contributed by atoms with van der Waals surface area (Å²) < 4.78 is 0. The summed E-state index contributed by atoms with van der Waals surface area (Å²) in [6.07, 6.45) is 3.95. The van der Waals surface area contributed by atoms with Crippen LogP contribution < -0.4 is 0 Å². The summed E-state index contributed by atoms with van der Waals surface area (Å²) >= 11 is 6.06. The van der Waals surface area contributed by atoms with Crippen LogP contribution in [0.4, 0.5) is 0 Å². The van der Waals surface area contributed by atoms with Crippen molar-refractivity contribution < 1.29 is 0 Å². The highest BCUT2D eigenvalue weighted by Crippen LogP contribution is 2.26. The van der Waals surface area contributed by atoms with Gasteiger partial charge >= 0.3 is 0 Å². The summed E-state index contributed by atoms with van der Waals surface area (Å²) in [4.78, 5) is 8.68. The molecular weight excluding hydrogens is 292 g/mol. The number of para-hydroxylation sites is 1. The molecule has 0 aliphatic carbocycles. The minimum Gasteiger partial charge on any atom is -0.218 e. The van der Waals surface area contributed by atoms with E-state index in [0.29, 0.717) is 0 Å². The van der Waals surface area contributed by atoms with Crippen molar-refractivity contribution in [3.8, 4) is 0 Å². The van der Waals surface area contributed by atoms with Gasteiger partial charge in [0.05, 0.1) is 11.2 Å². The maximum atomic E-state index is 6.06. The van der Waals surface area contributed by atoms with E-state index in [2.05, 4.69) is 28.7 Å². The molecule has 0 aliphatic heterocycles. The number of allylic oxidation sites excluding steroid dienone is 1. The van der Waals surface area contributed by atoms with Crippen LogP contribution in [-0.4, -0.2) is 9.97 Å². The van der Waals surface area contributed by atoms with Gasteiger partial charge in [0.15, 0.2) is 0 Å². The molecule has 0 unspecified atom stereocenters. The first-order valence-electron chi connectivity index (χ1n) is 7.01. The molecule has 0 bridgehead atoms. The van der Waals surface area contributed by atoms with Crippen LogP contribution in [0.5, 0.6) is 0 Å². The summed E-state index contributed by atoms with van der Waals surface area (Å²) in [5, 5.41) is 1.26. The maximum absolute atomic E-state index is 6.06. The van der Waals surface area contributed by atoms with Gasteiger partial charge in [-0.1, -0.05) is 55.1 Å². The van der Waals surface area contributed by atoms with Crippen LogP contribution in [0, 0.1) is 0 Å². The van der Waals surface area contributed by atoms with Crippen molar-refractivity contribution in [3.05, 3.63) is 77.2 Å². The van der Waals surface area contributed by atoms with E-state index in [0.717, 1.165) is 33.3 Å². The Morgan fingerprint density at radius 3 is 2.45 bits per heavy atom. The van der Waals surface area contributed by atoms with E-state index in [4.69, 9.17) is 11.6 Å². The zero-order valence-electron chi connectivity index (χ0n) is 12.3. The number of hydrogen-bond acceptors (Lipinski definition) is 2. The van der Waals surface area contributed by atoms with Crippen LogP contribution >= 0.6 is 11.6 Å². The molecule has 108 valence electrons. The number of halogens is 1. The molecular formula is C19H15ClN2. The third-order valence-corrected chi connectivity index (χ3v) is 3.71. The molecule has 22 heavy (non-hydrogen) atoms. The second-order valence-corrected chi connectivity index (χ2v) is 5.36. The standard InChI is InChI=1S/C19H15ClN2/c1-3-14-8-4-5-9-15(14)12-13(2)18-16-10-6-7-11-17(16)21-19(20)22-18/h3-12H,1H2,2H3/b13-12+. The predicted molar refractivity (Wildman–Crippen MR) is 94.6 cm³/mol. The summed E-state index contributed by atoms with van der Waals surface area (Å²) in [6, 6.07) is 16.0. The smallest absolute Gasteiger partial charge is 0.218 e. The van der Waals surface area contributed by atoms with Gasteiger partial charge in [0.2, 0.25) is 5.28 Å². The monoisotopic (exact) mass is 306 g/mol. The quantitative estimate of drug-likeness (QED) is 0.598. The van der Waals surface area contributed by atoms with Gasteiger partial charge in [-0.2, -0.15) is 0 Å². The fraction of sp³-hybridized carbons (Fsp3) is 0.0526. The van der Waals surface area contributed by atoms with Crippen LogP contribution in [0.15, 0.2) is 55.1 Å². The van der Waals surface area contributed by atoms with Crippen molar-refractivity contribution in [1.29, 1.82) is 0 Å². The Labute approximate surface area is 134 Å². The third-order valence-electron chi connectivity index (χ3n) is 3.54. The van der Waals surface area contributed by atoms with Crippen LogP contribution in [0.3, 0.4) is 0 Å². The third kappa shape index (κ3) is 2.78. The first kappa shape index (κ1) is 14.5. The summed E-state index contributed by atoms with van der Waals surface area (Å²) in [5.41, 5.74) is 4.94. The zero-order valence-corrected chi connectivity index (χ0v) is 13.0. The normalized spacial score (nSPS) is 11.6. The highest BCUT2D eigenvalue weighted by atomic mass is 35.5. The first-order valence-corrected chi connectivity index (χ1v) is 7.39. The molecule has 3 aromatic rings. The lowest BCUT2D eigenvalue weighted by atomic mass is 10.0. The molecule has 2 aromatic carbocycles. The van der Waals surface area contributed by atoms with E-state index in [1.54, 1.807) is 0 Å². The van der Waals surface area contributed by atoms with Crippen molar-refractivity contribution in [1.82, 2.24) is 9.97 Å². The fourth-order valence-electron chi connectivity index (χ4n) is 2.48. The van der Waals surface area contributed by atoms with Gasteiger partial charge in [-0.05, 0) is 47.4 Å².